The molecule has 0 amide bonds. The van der Waals surface area contributed by atoms with E-state index in [-0.39, 0.29) is 23.1 Å². The van der Waals surface area contributed by atoms with Crippen molar-refractivity contribution >= 4 is 45.0 Å². The summed E-state index contributed by atoms with van der Waals surface area (Å²) in [4.78, 5) is 0. The summed E-state index contributed by atoms with van der Waals surface area (Å²) < 4.78 is 49.0. The first-order valence-corrected chi connectivity index (χ1v) is 15.0. The van der Waals surface area contributed by atoms with Crippen LogP contribution in [0.3, 0.4) is 0 Å². The maximum absolute atomic E-state index is 10.0. The van der Waals surface area contributed by atoms with E-state index in [4.69, 9.17) is 0 Å². The number of unbranched alkanes of at least 4 members (excludes halogenated alkanes) is 18. The summed E-state index contributed by atoms with van der Waals surface area (Å²) in [7, 11) is -4.66. The van der Waals surface area contributed by atoms with Crippen LogP contribution in [-0.2, 0) is 47.2 Å². The van der Waals surface area contributed by atoms with Gasteiger partial charge in [-0.3, -0.25) is 0 Å². The van der Waals surface area contributed by atoms with E-state index in [0.29, 0.717) is 13.2 Å². The Bertz CT molecular complexity index is 439. The fraction of sp³-hybridized carbons (Fsp3) is 1.00. The molecule has 6 nitrogen and oxygen atoms in total. The molecular weight excluding hydrogens is 473 g/mol. The van der Waals surface area contributed by atoms with Crippen molar-refractivity contribution < 1.29 is 25.2 Å². The van der Waals surface area contributed by atoms with Gasteiger partial charge in [0.05, 0.1) is 22.0 Å². The molecule has 0 heterocycles. The van der Waals surface area contributed by atoms with Crippen LogP contribution < -0.4 is 0 Å². The van der Waals surface area contributed by atoms with Crippen LogP contribution in [0.25, 0.3) is 0 Å². The molecule has 0 fully saturated rings. The van der Waals surface area contributed by atoms with Crippen LogP contribution >= 0.6 is 0 Å². The van der Waals surface area contributed by atoms with Gasteiger partial charge in [-0.05, 0) is 12.8 Å². The van der Waals surface area contributed by atoms with Crippen molar-refractivity contribution in [2.24, 2.45) is 0 Å². The quantitative estimate of drug-likeness (QED) is 0.0726. The minimum atomic E-state index is -2.33. The molecule has 0 aromatic rings. The largest absolute Gasteiger partial charge is 2.00 e. The Morgan fingerprint density at radius 1 is 0.394 bits per heavy atom. The average molecular weight is 523 g/mol. The van der Waals surface area contributed by atoms with E-state index in [1.807, 2.05) is 0 Å². The molecule has 196 valence electrons. The van der Waals surface area contributed by atoms with Gasteiger partial charge in [0.1, 0.15) is 0 Å². The first kappa shape index (κ1) is 38.1. The molecular formula is C24H50MgO6S2. The smallest absolute Gasteiger partial charge is 0.424 e. The third-order valence-electron chi connectivity index (χ3n) is 5.35. The van der Waals surface area contributed by atoms with Crippen molar-refractivity contribution in [1.29, 1.82) is 0 Å². The first-order valence-electron chi connectivity index (χ1n) is 13.0. The maximum Gasteiger partial charge on any atom is 2.00 e. The molecule has 0 bridgehead atoms. The second-order valence-electron chi connectivity index (χ2n) is 8.42. The molecule has 0 aromatic carbocycles. The van der Waals surface area contributed by atoms with Gasteiger partial charge in [0, 0.05) is 13.2 Å². The monoisotopic (exact) mass is 522 g/mol. The molecule has 33 heavy (non-hydrogen) atoms. The fourth-order valence-corrected chi connectivity index (χ4v) is 3.94. The van der Waals surface area contributed by atoms with E-state index in [1.54, 1.807) is 0 Å². The zero-order valence-corrected chi connectivity index (χ0v) is 24.6. The predicted molar refractivity (Wildman–Crippen MR) is 139 cm³/mol. The molecule has 0 saturated carbocycles. The van der Waals surface area contributed by atoms with Gasteiger partial charge in [-0.25, -0.2) is 0 Å². The second kappa shape index (κ2) is 34.8. The molecule has 0 aliphatic carbocycles. The Hall–Kier alpha value is 0.586. The van der Waals surface area contributed by atoms with E-state index < -0.39 is 22.0 Å². The van der Waals surface area contributed by atoms with Crippen LogP contribution in [0.1, 0.15) is 142 Å². The van der Waals surface area contributed by atoms with Crippen molar-refractivity contribution in [3.8, 4) is 0 Å². The Morgan fingerprint density at radius 3 is 0.818 bits per heavy atom. The van der Waals surface area contributed by atoms with Gasteiger partial charge in [-0.2, -0.15) is 0 Å². The van der Waals surface area contributed by atoms with Crippen LogP contribution in [0.4, 0.5) is 0 Å². The molecule has 0 saturated heterocycles. The van der Waals surface area contributed by atoms with Crippen LogP contribution in [0, 0.1) is 0 Å². The van der Waals surface area contributed by atoms with Crippen molar-refractivity contribution in [2.75, 3.05) is 13.2 Å². The Kier molecular flexibility index (Phi) is 40.1. The van der Waals surface area contributed by atoms with E-state index >= 15 is 0 Å². The van der Waals surface area contributed by atoms with Gasteiger partial charge in [-0.15, -0.1) is 0 Å². The molecule has 0 atom stereocenters. The van der Waals surface area contributed by atoms with Crippen LogP contribution in [0.5, 0.6) is 0 Å². The average Bonchev–Trinajstić information content (AvgIpc) is 2.76. The molecule has 0 radical (unpaired) electrons. The second-order valence-corrected chi connectivity index (χ2v) is 9.70. The summed E-state index contributed by atoms with van der Waals surface area (Å²) in [5, 5.41) is 0. The first-order chi connectivity index (χ1) is 15.5. The maximum atomic E-state index is 10.0. The molecule has 9 heteroatoms. The van der Waals surface area contributed by atoms with Crippen molar-refractivity contribution in [3.05, 3.63) is 0 Å². The normalized spacial score (nSPS) is 10.8. The minimum absolute atomic E-state index is 0. The summed E-state index contributed by atoms with van der Waals surface area (Å²) >= 11 is 0. The van der Waals surface area contributed by atoms with E-state index in [9.17, 15) is 16.8 Å². The molecule has 0 spiro atoms. The summed E-state index contributed by atoms with van der Waals surface area (Å²) in [5.74, 6) is 0. The number of hydrogen-bond acceptors (Lipinski definition) is 8. The Morgan fingerprint density at radius 2 is 0.606 bits per heavy atom. The van der Waals surface area contributed by atoms with Gasteiger partial charge < -0.3 is 25.2 Å². The molecule has 0 aliphatic heterocycles. The third kappa shape index (κ3) is 43.1. The zero-order chi connectivity index (χ0) is 24.1. The van der Waals surface area contributed by atoms with Crippen LogP contribution in [0.2, 0.25) is 0 Å². The van der Waals surface area contributed by atoms with Gasteiger partial charge in [0.25, 0.3) is 0 Å². The minimum Gasteiger partial charge on any atom is -0.424 e. The molecule has 0 rings (SSSR count). The SMILES string of the molecule is CCCCCCCCCCCCO[S-](=O)=O.CCCCCCCCCCCCO[S-](=O)=O.[Mg+2]. The van der Waals surface area contributed by atoms with Crippen molar-refractivity contribution in [3.63, 3.8) is 0 Å². The van der Waals surface area contributed by atoms with E-state index in [0.717, 1.165) is 25.7 Å². The van der Waals surface area contributed by atoms with E-state index in [1.165, 1.54) is 103 Å². The Labute approximate surface area is 224 Å². The molecule has 0 unspecified atom stereocenters. The standard InChI is InChI=1S/2C12H25O3S.Mg/c2*1-2-3-4-5-6-7-8-9-10-11-12-15-16(13)14;/h2*2-12H2,1H3;/q2*-1;+2. The summed E-state index contributed by atoms with van der Waals surface area (Å²) in [5.41, 5.74) is 0. The molecule has 0 aromatic heterocycles. The van der Waals surface area contributed by atoms with Crippen molar-refractivity contribution in [2.45, 2.75) is 142 Å². The summed E-state index contributed by atoms with van der Waals surface area (Å²) in [6.45, 7) is 5.15. The van der Waals surface area contributed by atoms with Gasteiger partial charge in [0.2, 0.25) is 0 Å². The predicted octanol–water partition coefficient (Wildman–Crippen LogP) is 7.92. The van der Waals surface area contributed by atoms with Crippen molar-refractivity contribution in [1.82, 2.24) is 0 Å². The topological polar surface area (TPSA) is 86.7 Å². The number of hydrogen-bond donors (Lipinski definition) is 0. The van der Waals surface area contributed by atoms with Crippen LogP contribution in [0.15, 0.2) is 0 Å². The fourth-order valence-electron chi connectivity index (χ4n) is 3.43. The van der Waals surface area contributed by atoms with E-state index in [2.05, 4.69) is 22.2 Å². The Balaban J connectivity index is -0.000000529. The number of rotatable bonds is 24. The third-order valence-corrected chi connectivity index (χ3v) is 6.07. The zero-order valence-electron chi connectivity index (χ0n) is 21.5. The molecule has 0 aliphatic rings. The summed E-state index contributed by atoms with van der Waals surface area (Å²) in [6.07, 6.45) is 24.9. The molecule has 0 N–H and O–H groups in total. The van der Waals surface area contributed by atoms with Gasteiger partial charge in [0.15, 0.2) is 0 Å². The van der Waals surface area contributed by atoms with Crippen LogP contribution in [-0.4, -0.2) is 36.3 Å². The van der Waals surface area contributed by atoms with Gasteiger partial charge >= 0.3 is 23.1 Å². The van der Waals surface area contributed by atoms with Gasteiger partial charge in [-0.1, -0.05) is 129 Å². The summed E-state index contributed by atoms with van der Waals surface area (Å²) in [6, 6.07) is 0.